The lowest BCUT2D eigenvalue weighted by Gasteiger charge is -2.38. The number of likely N-dealkylation sites (N-methyl/N-ethyl adjacent to an activating group) is 1. The van der Waals surface area contributed by atoms with E-state index in [1.54, 1.807) is 9.80 Å². The minimum absolute atomic E-state index is 0.00468. The second-order valence-electron chi connectivity index (χ2n) is 8.27. The molecule has 1 aromatic heterocycles. The Morgan fingerprint density at radius 2 is 1.81 bits per heavy atom. The highest BCUT2D eigenvalue weighted by atomic mass is 19.2. The number of rotatable bonds is 5. The van der Waals surface area contributed by atoms with E-state index in [1.807, 2.05) is 27.8 Å². The molecule has 0 atom stereocenters. The van der Waals surface area contributed by atoms with Crippen LogP contribution in [-0.4, -0.2) is 47.7 Å². The van der Waals surface area contributed by atoms with Crippen molar-refractivity contribution in [2.75, 3.05) is 28.7 Å². The average Bonchev–Trinajstić information content (AvgIpc) is 2.65. The van der Waals surface area contributed by atoms with E-state index in [0.29, 0.717) is 30.3 Å². The number of nitrogens with one attached hydrogen (secondary N) is 1. The molecule has 1 aliphatic heterocycles. The molecule has 2 heterocycles. The summed E-state index contributed by atoms with van der Waals surface area (Å²) < 4.78 is 45.3. The molecule has 0 saturated heterocycles. The maximum absolute atomic E-state index is 13.3. The van der Waals surface area contributed by atoms with E-state index in [0.717, 1.165) is 17.8 Å². The Hall–Kier alpha value is -3.04. The first-order valence-electron chi connectivity index (χ1n) is 10.1. The first-order valence-corrected chi connectivity index (χ1v) is 10.1. The van der Waals surface area contributed by atoms with Crippen molar-refractivity contribution < 1.29 is 22.7 Å². The number of ether oxygens (including phenoxy) is 1. The van der Waals surface area contributed by atoms with Crippen LogP contribution in [0, 0.1) is 24.4 Å². The SMILES string of the molecule is Cc1nc(NC2CC(Oc3cc(F)c(F)c(F)c3)C2)nc2c1N(C(C)C)C(=O)CN2C. The molecular weight excluding hydrogens is 411 g/mol. The molecule has 0 bridgehead atoms. The third-order valence-electron chi connectivity index (χ3n) is 5.49. The van der Waals surface area contributed by atoms with Gasteiger partial charge in [0.25, 0.3) is 0 Å². The molecule has 0 spiro atoms. The largest absolute Gasteiger partial charge is 0.490 e. The van der Waals surface area contributed by atoms with Gasteiger partial charge in [-0.15, -0.1) is 0 Å². The molecule has 4 rings (SSSR count). The van der Waals surface area contributed by atoms with Crippen LogP contribution in [0.4, 0.5) is 30.6 Å². The van der Waals surface area contributed by atoms with E-state index in [9.17, 15) is 18.0 Å². The van der Waals surface area contributed by atoms with Gasteiger partial charge in [0.15, 0.2) is 23.3 Å². The molecule has 31 heavy (non-hydrogen) atoms. The number of carbonyl (C=O) groups excluding carboxylic acids is 1. The number of halogens is 3. The predicted octanol–water partition coefficient (Wildman–Crippen LogP) is 3.42. The van der Waals surface area contributed by atoms with Gasteiger partial charge in [-0.05, 0) is 20.8 Å². The first-order chi connectivity index (χ1) is 14.6. The van der Waals surface area contributed by atoms with Crippen molar-refractivity contribution in [3.05, 3.63) is 35.3 Å². The number of fused-ring (bicyclic) bond motifs is 1. The second-order valence-corrected chi connectivity index (χ2v) is 8.27. The monoisotopic (exact) mass is 435 g/mol. The third kappa shape index (κ3) is 3.98. The molecule has 1 amide bonds. The molecule has 1 aliphatic carbocycles. The van der Waals surface area contributed by atoms with Crippen LogP contribution in [0.2, 0.25) is 0 Å². The van der Waals surface area contributed by atoms with Crippen molar-refractivity contribution in [3.63, 3.8) is 0 Å². The van der Waals surface area contributed by atoms with Gasteiger partial charge in [-0.1, -0.05) is 0 Å². The van der Waals surface area contributed by atoms with Gasteiger partial charge in [0, 0.05) is 44.1 Å². The number of carbonyl (C=O) groups is 1. The lowest BCUT2D eigenvalue weighted by Crippen LogP contribution is -2.48. The minimum Gasteiger partial charge on any atom is -0.490 e. The van der Waals surface area contributed by atoms with Crippen LogP contribution in [-0.2, 0) is 4.79 Å². The Bertz CT molecular complexity index is 1000. The van der Waals surface area contributed by atoms with Crippen LogP contribution in [0.1, 0.15) is 32.4 Å². The molecule has 166 valence electrons. The third-order valence-corrected chi connectivity index (χ3v) is 5.49. The van der Waals surface area contributed by atoms with Crippen molar-refractivity contribution in [1.82, 2.24) is 9.97 Å². The zero-order valence-corrected chi connectivity index (χ0v) is 17.7. The normalized spacial score (nSPS) is 20.6. The van der Waals surface area contributed by atoms with Gasteiger partial charge in [-0.2, -0.15) is 4.98 Å². The van der Waals surface area contributed by atoms with Crippen LogP contribution < -0.4 is 19.9 Å². The number of benzene rings is 1. The highest BCUT2D eigenvalue weighted by Crippen LogP contribution is 2.36. The van der Waals surface area contributed by atoms with Gasteiger partial charge in [-0.3, -0.25) is 4.79 Å². The summed E-state index contributed by atoms with van der Waals surface area (Å²) in [6.45, 7) is 5.99. The Balaban J connectivity index is 1.43. The van der Waals surface area contributed by atoms with Crippen molar-refractivity contribution >= 4 is 23.4 Å². The molecule has 7 nitrogen and oxygen atoms in total. The van der Waals surface area contributed by atoms with Crippen molar-refractivity contribution in [2.24, 2.45) is 0 Å². The fourth-order valence-corrected chi connectivity index (χ4v) is 3.94. The zero-order chi connectivity index (χ0) is 22.4. The minimum atomic E-state index is -1.51. The summed E-state index contributed by atoms with van der Waals surface area (Å²) in [5, 5.41) is 3.25. The summed E-state index contributed by atoms with van der Waals surface area (Å²) in [6, 6.07) is 1.69. The predicted molar refractivity (Wildman–Crippen MR) is 110 cm³/mol. The van der Waals surface area contributed by atoms with Crippen LogP contribution in [0.5, 0.6) is 5.75 Å². The molecule has 0 radical (unpaired) electrons. The van der Waals surface area contributed by atoms with E-state index in [-0.39, 0.29) is 36.4 Å². The standard InChI is InChI=1S/C21H24F3N5O2/c1-10(2)29-17(30)9-28(4)20-19(29)11(3)25-21(27-20)26-12-5-13(6-12)31-14-7-15(22)18(24)16(23)8-14/h7-8,10,12-13H,5-6,9H2,1-4H3,(H,25,26,27). The molecule has 2 aliphatic rings. The Labute approximate surface area is 178 Å². The topological polar surface area (TPSA) is 70.6 Å². The van der Waals surface area contributed by atoms with Gasteiger partial charge < -0.3 is 19.9 Å². The Kier molecular flexibility index (Phi) is 5.40. The van der Waals surface area contributed by atoms with E-state index >= 15 is 0 Å². The van der Waals surface area contributed by atoms with E-state index in [1.165, 1.54) is 0 Å². The van der Waals surface area contributed by atoms with E-state index in [2.05, 4.69) is 15.3 Å². The number of nitrogens with zero attached hydrogens (tertiary/aromatic N) is 4. The van der Waals surface area contributed by atoms with E-state index in [4.69, 9.17) is 4.74 Å². The van der Waals surface area contributed by atoms with Gasteiger partial charge >= 0.3 is 0 Å². The molecule has 2 aromatic rings. The van der Waals surface area contributed by atoms with Crippen molar-refractivity contribution in [3.8, 4) is 5.75 Å². The smallest absolute Gasteiger partial charge is 0.246 e. The molecule has 1 aromatic carbocycles. The zero-order valence-electron chi connectivity index (χ0n) is 17.7. The molecule has 1 N–H and O–H groups in total. The first kappa shape index (κ1) is 21.2. The molecule has 1 fully saturated rings. The summed E-state index contributed by atoms with van der Waals surface area (Å²) in [4.78, 5) is 25.1. The summed E-state index contributed by atoms with van der Waals surface area (Å²) >= 11 is 0. The lowest BCUT2D eigenvalue weighted by molar-refractivity contribution is -0.117. The quantitative estimate of drug-likeness (QED) is 0.726. The second kappa shape index (κ2) is 7.90. The lowest BCUT2D eigenvalue weighted by atomic mass is 9.89. The average molecular weight is 435 g/mol. The van der Waals surface area contributed by atoms with Gasteiger partial charge in [0.1, 0.15) is 17.5 Å². The summed E-state index contributed by atoms with van der Waals surface area (Å²) in [6.07, 6.45) is 0.899. The fraction of sp³-hybridized carbons (Fsp3) is 0.476. The van der Waals surface area contributed by atoms with Crippen molar-refractivity contribution in [1.29, 1.82) is 0 Å². The summed E-state index contributed by atoms with van der Waals surface area (Å²) in [5.41, 5.74) is 1.42. The summed E-state index contributed by atoms with van der Waals surface area (Å²) in [7, 11) is 1.82. The number of amides is 1. The van der Waals surface area contributed by atoms with Crippen LogP contribution >= 0.6 is 0 Å². The number of aromatic nitrogens is 2. The van der Waals surface area contributed by atoms with Crippen LogP contribution in [0.3, 0.4) is 0 Å². The number of anilines is 3. The number of hydrogen-bond acceptors (Lipinski definition) is 6. The summed E-state index contributed by atoms with van der Waals surface area (Å²) in [5.74, 6) is -2.97. The maximum atomic E-state index is 13.3. The van der Waals surface area contributed by atoms with Crippen LogP contribution in [0.25, 0.3) is 0 Å². The number of hydrogen-bond donors (Lipinski definition) is 1. The molecule has 1 saturated carbocycles. The van der Waals surface area contributed by atoms with Crippen molar-refractivity contribution in [2.45, 2.75) is 51.8 Å². The Morgan fingerprint density at radius 3 is 2.42 bits per heavy atom. The Morgan fingerprint density at radius 1 is 1.16 bits per heavy atom. The highest BCUT2D eigenvalue weighted by molar-refractivity contribution is 6.03. The molecule has 10 heteroatoms. The van der Waals surface area contributed by atoms with Gasteiger partial charge in [0.2, 0.25) is 11.9 Å². The fourth-order valence-electron chi connectivity index (χ4n) is 3.94. The number of aryl methyl sites for hydroxylation is 1. The van der Waals surface area contributed by atoms with Gasteiger partial charge in [0.05, 0.1) is 12.2 Å². The van der Waals surface area contributed by atoms with Gasteiger partial charge in [-0.25, -0.2) is 18.2 Å². The molecule has 0 unspecified atom stereocenters. The molecular formula is C21H24F3N5O2. The van der Waals surface area contributed by atoms with Crippen LogP contribution in [0.15, 0.2) is 12.1 Å². The highest BCUT2D eigenvalue weighted by Gasteiger charge is 2.35. The van der Waals surface area contributed by atoms with E-state index < -0.39 is 17.5 Å². The maximum Gasteiger partial charge on any atom is 0.246 e.